The highest BCUT2D eigenvalue weighted by Gasteiger charge is 2.20. The van der Waals surface area contributed by atoms with Crippen LogP contribution in [0.4, 0.5) is 0 Å². The minimum absolute atomic E-state index is 0.583. The molecule has 12 heavy (non-hydrogen) atoms. The molecular weight excluding hydrogens is 152 g/mol. The SMILES string of the molecule is O=C=CCCCCCCC1CO1. The van der Waals surface area contributed by atoms with Crippen molar-refractivity contribution in [2.24, 2.45) is 0 Å². The van der Waals surface area contributed by atoms with Crippen LogP contribution in [0.25, 0.3) is 0 Å². The Balaban J connectivity index is 1.72. The van der Waals surface area contributed by atoms with Crippen LogP contribution in [-0.4, -0.2) is 18.7 Å². The second-order valence-electron chi connectivity index (χ2n) is 3.27. The maximum atomic E-state index is 9.79. The molecule has 0 aromatic carbocycles. The van der Waals surface area contributed by atoms with Crippen LogP contribution >= 0.6 is 0 Å². The summed E-state index contributed by atoms with van der Waals surface area (Å²) in [6.07, 6.45) is 9.17. The number of ether oxygens (including phenoxy) is 1. The maximum absolute atomic E-state index is 9.79. The first-order valence-corrected chi connectivity index (χ1v) is 4.74. The van der Waals surface area contributed by atoms with Crippen LogP contribution in [-0.2, 0) is 9.53 Å². The molecule has 0 aromatic rings. The van der Waals surface area contributed by atoms with Crippen molar-refractivity contribution in [2.75, 3.05) is 6.61 Å². The lowest BCUT2D eigenvalue weighted by atomic mass is 10.1. The molecule has 0 N–H and O–H groups in total. The molecule has 1 heterocycles. The molecule has 2 nitrogen and oxygen atoms in total. The number of carbonyl (C=O) groups excluding carboxylic acids is 1. The third-order valence-electron chi connectivity index (χ3n) is 2.11. The van der Waals surface area contributed by atoms with Gasteiger partial charge in [-0.15, -0.1) is 0 Å². The largest absolute Gasteiger partial charge is 0.373 e. The third-order valence-corrected chi connectivity index (χ3v) is 2.11. The van der Waals surface area contributed by atoms with Gasteiger partial charge in [0.1, 0.15) is 5.94 Å². The summed E-state index contributed by atoms with van der Waals surface area (Å²) < 4.78 is 5.10. The Morgan fingerprint density at radius 2 is 2.08 bits per heavy atom. The van der Waals surface area contributed by atoms with Crippen molar-refractivity contribution in [2.45, 2.75) is 44.6 Å². The molecule has 0 spiro atoms. The molecule has 0 radical (unpaired) electrons. The highest BCUT2D eigenvalue weighted by molar-refractivity contribution is 5.44. The molecule has 68 valence electrons. The molecular formula is C10H16O2. The molecule has 0 bridgehead atoms. The van der Waals surface area contributed by atoms with E-state index in [1.165, 1.54) is 25.7 Å². The third kappa shape index (κ3) is 5.11. The summed E-state index contributed by atoms with van der Waals surface area (Å²) in [5, 5.41) is 0. The van der Waals surface area contributed by atoms with Crippen LogP contribution < -0.4 is 0 Å². The van der Waals surface area contributed by atoms with Gasteiger partial charge in [0.15, 0.2) is 0 Å². The number of rotatable bonds is 7. The predicted molar refractivity (Wildman–Crippen MR) is 47.7 cm³/mol. The quantitative estimate of drug-likeness (QED) is 0.331. The van der Waals surface area contributed by atoms with Crippen LogP contribution in [0.5, 0.6) is 0 Å². The number of allylic oxidation sites excluding steroid dienone is 1. The van der Waals surface area contributed by atoms with Crippen LogP contribution in [0.3, 0.4) is 0 Å². The van der Waals surface area contributed by atoms with Gasteiger partial charge in [0.05, 0.1) is 12.7 Å². The zero-order chi connectivity index (χ0) is 8.65. The standard InChI is InChI=1S/C10H16O2/c11-8-6-4-2-1-3-5-7-10-9-12-10/h6,10H,1-5,7,9H2. The molecule has 1 saturated heterocycles. The molecule has 0 amide bonds. The van der Waals surface area contributed by atoms with Gasteiger partial charge in [0.2, 0.25) is 0 Å². The molecule has 1 atom stereocenters. The van der Waals surface area contributed by atoms with E-state index < -0.39 is 0 Å². The summed E-state index contributed by atoms with van der Waals surface area (Å²) >= 11 is 0. The molecule has 1 aliphatic heterocycles. The zero-order valence-electron chi connectivity index (χ0n) is 7.42. The first-order chi connectivity index (χ1) is 5.93. The summed E-state index contributed by atoms with van der Waals surface area (Å²) in [5.74, 6) is 1.79. The van der Waals surface area contributed by atoms with E-state index in [2.05, 4.69) is 0 Å². The van der Waals surface area contributed by atoms with Crippen molar-refractivity contribution >= 4 is 5.94 Å². The first-order valence-electron chi connectivity index (χ1n) is 4.74. The van der Waals surface area contributed by atoms with E-state index in [-0.39, 0.29) is 0 Å². The van der Waals surface area contributed by atoms with E-state index in [0.29, 0.717) is 6.10 Å². The summed E-state index contributed by atoms with van der Waals surface area (Å²) in [4.78, 5) is 9.79. The number of hydrogen-bond acceptors (Lipinski definition) is 2. The van der Waals surface area contributed by atoms with E-state index >= 15 is 0 Å². The minimum Gasteiger partial charge on any atom is -0.373 e. The fourth-order valence-electron chi connectivity index (χ4n) is 1.27. The Labute approximate surface area is 73.6 Å². The molecule has 2 heteroatoms. The van der Waals surface area contributed by atoms with E-state index in [4.69, 9.17) is 4.74 Å². The van der Waals surface area contributed by atoms with Crippen molar-refractivity contribution in [1.82, 2.24) is 0 Å². The maximum Gasteiger partial charge on any atom is 0.120 e. The highest BCUT2D eigenvalue weighted by Crippen LogP contribution is 2.17. The second-order valence-corrected chi connectivity index (χ2v) is 3.27. The lowest BCUT2D eigenvalue weighted by molar-refractivity contribution is 0.388. The van der Waals surface area contributed by atoms with Crippen molar-refractivity contribution in [3.05, 3.63) is 6.08 Å². The fraction of sp³-hybridized carbons (Fsp3) is 0.800. The van der Waals surface area contributed by atoms with Crippen molar-refractivity contribution in [1.29, 1.82) is 0 Å². The van der Waals surface area contributed by atoms with E-state index in [9.17, 15) is 4.79 Å². The van der Waals surface area contributed by atoms with Gasteiger partial charge < -0.3 is 4.74 Å². The van der Waals surface area contributed by atoms with Gasteiger partial charge in [-0.1, -0.05) is 19.3 Å². The number of hydrogen-bond donors (Lipinski definition) is 0. The number of unbranched alkanes of at least 4 members (excludes halogenated alkanes) is 4. The Morgan fingerprint density at radius 1 is 1.33 bits per heavy atom. The van der Waals surface area contributed by atoms with E-state index in [0.717, 1.165) is 19.4 Å². The Bertz CT molecular complexity index is 155. The smallest absolute Gasteiger partial charge is 0.120 e. The molecule has 1 fully saturated rings. The fourth-order valence-corrected chi connectivity index (χ4v) is 1.27. The van der Waals surface area contributed by atoms with Gasteiger partial charge in [-0.2, -0.15) is 0 Å². The average molecular weight is 168 g/mol. The summed E-state index contributed by atoms with van der Waals surface area (Å²) in [6.45, 7) is 0.980. The van der Waals surface area contributed by atoms with Gasteiger partial charge in [-0.3, -0.25) is 0 Å². The van der Waals surface area contributed by atoms with Gasteiger partial charge >= 0.3 is 0 Å². The lowest BCUT2D eigenvalue weighted by Gasteiger charge is -1.96. The van der Waals surface area contributed by atoms with Gasteiger partial charge in [-0.05, 0) is 25.3 Å². The van der Waals surface area contributed by atoms with Crippen molar-refractivity contribution < 1.29 is 9.53 Å². The lowest BCUT2D eigenvalue weighted by Crippen LogP contribution is -1.85. The van der Waals surface area contributed by atoms with Crippen molar-refractivity contribution in [3.63, 3.8) is 0 Å². The summed E-state index contributed by atoms with van der Waals surface area (Å²) in [5.41, 5.74) is 0. The second kappa shape index (κ2) is 5.99. The Morgan fingerprint density at radius 3 is 2.75 bits per heavy atom. The molecule has 1 rings (SSSR count). The molecule has 1 unspecified atom stereocenters. The van der Waals surface area contributed by atoms with Gasteiger partial charge in [0, 0.05) is 0 Å². The normalized spacial score (nSPS) is 20.2. The molecule has 1 aliphatic rings. The molecule has 0 saturated carbocycles. The number of epoxide rings is 1. The average Bonchev–Trinajstić information content (AvgIpc) is 2.87. The molecule has 0 aromatic heterocycles. The topological polar surface area (TPSA) is 29.6 Å². The van der Waals surface area contributed by atoms with Gasteiger partial charge in [0.25, 0.3) is 0 Å². The monoisotopic (exact) mass is 168 g/mol. The van der Waals surface area contributed by atoms with E-state index in [1.54, 1.807) is 12.0 Å². The first kappa shape index (κ1) is 9.50. The van der Waals surface area contributed by atoms with Crippen molar-refractivity contribution in [3.8, 4) is 0 Å². The van der Waals surface area contributed by atoms with Gasteiger partial charge in [-0.25, -0.2) is 4.79 Å². The van der Waals surface area contributed by atoms with Crippen LogP contribution in [0.2, 0.25) is 0 Å². The summed E-state index contributed by atoms with van der Waals surface area (Å²) in [7, 11) is 0. The Hall–Kier alpha value is -0.590. The van der Waals surface area contributed by atoms with Crippen LogP contribution in [0.15, 0.2) is 6.08 Å². The van der Waals surface area contributed by atoms with Crippen LogP contribution in [0, 0.1) is 0 Å². The minimum atomic E-state index is 0.583. The Kier molecular flexibility index (Phi) is 4.74. The molecule has 0 aliphatic carbocycles. The predicted octanol–water partition coefficient (Wildman–Crippen LogP) is 2.11. The van der Waals surface area contributed by atoms with E-state index in [1.807, 2.05) is 0 Å². The van der Waals surface area contributed by atoms with Crippen LogP contribution in [0.1, 0.15) is 38.5 Å². The summed E-state index contributed by atoms with van der Waals surface area (Å²) in [6, 6.07) is 0. The highest BCUT2D eigenvalue weighted by atomic mass is 16.6. The zero-order valence-corrected chi connectivity index (χ0v) is 7.42.